The normalized spacial score (nSPS) is 12.1. The maximum Gasteiger partial charge on any atom is 0.339 e. The van der Waals surface area contributed by atoms with E-state index in [2.05, 4.69) is 0 Å². The first kappa shape index (κ1) is 12.5. The van der Waals surface area contributed by atoms with Gasteiger partial charge in [-0.05, 0) is 12.5 Å². The van der Waals surface area contributed by atoms with Crippen LogP contribution in [0.2, 0.25) is 0 Å². The maximum atomic E-state index is 11.4. The quantitative estimate of drug-likeness (QED) is 0.591. The summed E-state index contributed by atoms with van der Waals surface area (Å²) in [5, 5.41) is 19.1. The van der Waals surface area contributed by atoms with Gasteiger partial charge in [0.1, 0.15) is 5.75 Å². The van der Waals surface area contributed by atoms with E-state index < -0.39 is 12.1 Å². The highest BCUT2D eigenvalue weighted by Crippen LogP contribution is 2.24. The van der Waals surface area contributed by atoms with Crippen LogP contribution in [0.1, 0.15) is 31.4 Å². The second-order valence-corrected chi connectivity index (χ2v) is 3.48. The molecule has 1 atom stereocenters. The Bertz CT molecular complexity index is 349. The van der Waals surface area contributed by atoms with Gasteiger partial charge in [0, 0.05) is 5.56 Å². The van der Waals surface area contributed by atoms with Crippen molar-refractivity contribution in [1.29, 1.82) is 0 Å². The number of benzene rings is 1. The van der Waals surface area contributed by atoms with Crippen LogP contribution in [0.5, 0.6) is 5.75 Å². The molecule has 4 nitrogen and oxygen atoms in total. The third-order valence-corrected chi connectivity index (χ3v) is 2.20. The van der Waals surface area contributed by atoms with E-state index in [1.807, 2.05) is 6.92 Å². The monoisotopic (exact) mass is 224 g/mol. The van der Waals surface area contributed by atoms with Gasteiger partial charge in [0.2, 0.25) is 0 Å². The van der Waals surface area contributed by atoms with Gasteiger partial charge in [-0.2, -0.15) is 0 Å². The van der Waals surface area contributed by atoms with Crippen molar-refractivity contribution in [1.82, 2.24) is 0 Å². The van der Waals surface area contributed by atoms with Crippen LogP contribution < -0.4 is 0 Å². The Hall–Kier alpha value is -1.55. The molecule has 0 aliphatic rings. The summed E-state index contributed by atoms with van der Waals surface area (Å²) in [6, 6.07) is 6.16. The molecule has 1 unspecified atom stereocenters. The molecule has 0 bridgehead atoms. The molecule has 0 aliphatic heterocycles. The predicted octanol–water partition coefficient (Wildman–Crippen LogP) is 1.77. The molecule has 1 aromatic rings. The molecule has 0 amide bonds. The van der Waals surface area contributed by atoms with E-state index in [0.717, 1.165) is 12.8 Å². The zero-order valence-electron chi connectivity index (χ0n) is 9.22. The highest BCUT2D eigenvalue weighted by Gasteiger charge is 2.21. The molecule has 88 valence electrons. The minimum Gasteiger partial charge on any atom is -0.508 e. The number of hydrogen-bond acceptors (Lipinski definition) is 4. The first-order valence-corrected chi connectivity index (χ1v) is 5.29. The number of para-hydroxylation sites is 1. The van der Waals surface area contributed by atoms with E-state index in [9.17, 15) is 15.0 Å². The van der Waals surface area contributed by atoms with Gasteiger partial charge >= 0.3 is 5.97 Å². The van der Waals surface area contributed by atoms with Gasteiger partial charge in [-0.25, -0.2) is 4.79 Å². The highest BCUT2D eigenvalue weighted by atomic mass is 16.5. The number of ether oxygens (including phenoxy) is 1. The summed E-state index contributed by atoms with van der Waals surface area (Å²) in [5.41, 5.74) is 0.170. The third kappa shape index (κ3) is 3.24. The summed E-state index contributed by atoms with van der Waals surface area (Å²) >= 11 is 0. The number of hydrogen-bond donors (Lipinski definition) is 2. The van der Waals surface area contributed by atoms with Gasteiger partial charge in [-0.1, -0.05) is 31.5 Å². The Kier molecular flexibility index (Phi) is 4.79. The number of esters is 1. The van der Waals surface area contributed by atoms with Gasteiger partial charge in [-0.15, -0.1) is 0 Å². The van der Waals surface area contributed by atoms with Crippen LogP contribution in [0.4, 0.5) is 0 Å². The Morgan fingerprint density at radius 1 is 1.44 bits per heavy atom. The molecule has 0 heterocycles. The van der Waals surface area contributed by atoms with E-state index in [1.165, 1.54) is 12.1 Å². The van der Waals surface area contributed by atoms with Gasteiger partial charge in [0.05, 0.1) is 6.61 Å². The number of carbonyl (C=O) groups is 1. The molecule has 0 aromatic heterocycles. The van der Waals surface area contributed by atoms with Gasteiger partial charge < -0.3 is 14.9 Å². The molecule has 0 saturated heterocycles. The summed E-state index contributed by atoms with van der Waals surface area (Å²) in [6.45, 7) is 2.27. The Morgan fingerprint density at radius 3 is 2.75 bits per heavy atom. The molecule has 4 heteroatoms. The summed E-state index contributed by atoms with van der Waals surface area (Å²) in [4.78, 5) is 11.4. The summed E-state index contributed by atoms with van der Waals surface area (Å²) in [5.74, 6) is -0.836. The van der Waals surface area contributed by atoms with Crippen LogP contribution in [-0.4, -0.2) is 22.8 Å². The van der Waals surface area contributed by atoms with Crippen molar-refractivity contribution in [2.45, 2.75) is 25.9 Å². The van der Waals surface area contributed by atoms with Gasteiger partial charge in [0.25, 0.3) is 0 Å². The maximum absolute atomic E-state index is 11.4. The molecule has 1 rings (SSSR count). The number of aliphatic hydroxyl groups is 1. The van der Waals surface area contributed by atoms with Crippen LogP contribution >= 0.6 is 0 Å². The number of rotatable bonds is 5. The number of phenolic OH excluding ortho intramolecular Hbond substituents is 1. The third-order valence-electron chi connectivity index (χ3n) is 2.20. The van der Waals surface area contributed by atoms with E-state index in [1.54, 1.807) is 12.1 Å². The van der Waals surface area contributed by atoms with Crippen LogP contribution in [0, 0.1) is 0 Å². The lowest BCUT2D eigenvalue weighted by Crippen LogP contribution is -2.16. The largest absolute Gasteiger partial charge is 0.508 e. The fraction of sp³-hybridized carbons (Fsp3) is 0.417. The number of carbonyl (C=O) groups excluding carboxylic acids is 1. The molecule has 0 spiro atoms. The van der Waals surface area contributed by atoms with Crippen LogP contribution in [0.15, 0.2) is 24.3 Å². The van der Waals surface area contributed by atoms with Crippen molar-refractivity contribution in [3.05, 3.63) is 29.8 Å². The molecule has 0 radical (unpaired) electrons. The average molecular weight is 224 g/mol. The number of aliphatic hydroxyl groups excluding tert-OH is 1. The fourth-order valence-corrected chi connectivity index (χ4v) is 1.24. The van der Waals surface area contributed by atoms with Crippen molar-refractivity contribution in [3.8, 4) is 5.75 Å². The second kappa shape index (κ2) is 6.12. The van der Waals surface area contributed by atoms with Crippen LogP contribution in [0.25, 0.3) is 0 Å². The minimum atomic E-state index is -1.42. The number of phenols is 1. The summed E-state index contributed by atoms with van der Waals surface area (Å²) < 4.78 is 4.85. The van der Waals surface area contributed by atoms with Gasteiger partial charge in [0.15, 0.2) is 6.10 Å². The van der Waals surface area contributed by atoms with E-state index in [-0.39, 0.29) is 11.3 Å². The van der Waals surface area contributed by atoms with Crippen molar-refractivity contribution < 1.29 is 19.7 Å². The Balaban J connectivity index is 2.60. The SMILES string of the molecule is CCCCOC(=O)C(O)c1ccccc1O. The lowest BCUT2D eigenvalue weighted by molar-refractivity contribution is -0.154. The Morgan fingerprint density at radius 2 is 2.12 bits per heavy atom. The number of unbranched alkanes of at least 4 members (excludes halogenated alkanes) is 1. The minimum absolute atomic E-state index is 0.109. The lowest BCUT2D eigenvalue weighted by atomic mass is 10.1. The molecule has 0 aliphatic carbocycles. The standard InChI is InChI=1S/C12H16O4/c1-2-3-8-16-12(15)11(14)9-6-4-5-7-10(9)13/h4-7,11,13-14H,2-3,8H2,1H3. The molecule has 1 aromatic carbocycles. The Labute approximate surface area is 94.5 Å². The van der Waals surface area contributed by atoms with Gasteiger partial charge in [-0.3, -0.25) is 0 Å². The van der Waals surface area contributed by atoms with E-state index in [0.29, 0.717) is 6.61 Å². The molecule has 2 N–H and O–H groups in total. The molecular formula is C12H16O4. The molecule has 0 saturated carbocycles. The molecule has 16 heavy (non-hydrogen) atoms. The zero-order chi connectivity index (χ0) is 12.0. The van der Waals surface area contributed by atoms with Crippen molar-refractivity contribution in [2.24, 2.45) is 0 Å². The molecular weight excluding hydrogens is 208 g/mol. The van der Waals surface area contributed by atoms with Crippen molar-refractivity contribution >= 4 is 5.97 Å². The van der Waals surface area contributed by atoms with E-state index >= 15 is 0 Å². The molecule has 0 fully saturated rings. The number of aromatic hydroxyl groups is 1. The van der Waals surface area contributed by atoms with Crippen molar-refractivity contribution in [3.63, 3.8) is 0 Å². The predicted molar refractivity (Wildman–Crippen MR) is 58.9 cm³/mol. The van der Waals surface area contributed by atoms with Crippen molar-refractivity contribution in [2.75, 3.05) is 6.61 Å². The lowest BCUT2D eigenvalue weighted by Gasteiger charge is -2.11. The summed E-state index contributed by atoms with van der Waals surface area (Å²) in [6.07, 6.45) is 0.261. The topological polar surface area (TPSA) is 66.8 Å². The van der Waals surface area contributed by atoms with Crippen LogP contribution in [-0.2, 0) is 9.53 Å². The zero-order valence-corrected chi connectivity index (χ0v) is 9.22. The second-order valence-electron chi connectivity index (χ2n) is 3.48. The van der Waals surface area contributed by atoms with Crippen LogP contribution in [0.3, 0.4) is 0 Å². The summed E-state index contributed by atoms with van der Waals surface area (Å²) in [7, 11) is 0. The average Bonchev–Trinajstić information content (AvgIpc) is 2.29. The van der Waals surface area contributed by atoms with E-state index in [4.69, 9.17) is 4.74 Å². The first-order chi connectivity index (χ1) is 7.66. The smallest absolute Gasteiger partial charge is 0.339 e. The highest BCUT2D eigenvalue weighted by molar-refractivity contribution is 5.77. The first-order valence-electron chi connectivity index (χ1n) is 5.29. The fourth-order valence-electron chi connectivity index (χ4n) is 1.24.